The summed E-state index contributed by atoms with van der Waals surface area (Å²) in [5.41, 5.74) is 0.984. The molecule has 8 heteroatoms. The number of aliphatic hydroxyl groups excluding tert-OH is 1. The van der Waals surface area contributed by atoms with Gasteiger partial charge in [0, 0.05) is 43.7 Å². The molecule has 0 spiro atoms. The second-order valence-electron chi connectivity index (χ2n) is 9.56. The number of nitrogens with zero attached hydrogens (tertiary/aromatic N) is 3. The minimum Gasteiger partial charge on any atom is -0.472 e. The molecular weight excluding hydrogens is 432 g/mol. The highest BCUT2D eigenvalue weighted by Crippen LogP contribution is 2.27. The van der Waals surface area contributed by atoms with Gasteiger partial charge in [-0.3, -0.25) is 4.79 Å². The number of hydrogen-bond donors (Lipinski definition) is 2. The maximum absolute atomic E-state index is 13.4. The Labute approximate surface area is 203 Å². The first kappa shape index (κ1) is 25.8. The molecule has 2 aliphatic rings. The molecule has 2 N–H and O–H groups in total. The molecule has 1 aliphatic carbocycles. The molecule has 1 saturated carbocycles. The van der Waals surface area contributed by atoms with Crippen molar-refractivity contribution in [2.24, 2.45) is 5.92 Å². The molecule has 3 amide bonds. The fourth-order valence-electron chi connectivity index (χ4n) is 4.39. The van der Waals surface area contributed by atoms with Crippen LogP contribution < -0.4 is 10.1 Å². The van der Waals surface area contributed by atoms with Crippen molar-refractivity contribution in [3.05, 3.63) is 23.4 Å². The van der Waals surface area contributed by atoms with E-state index in [-0.39, 0.29) is 48.5 Å². The zero-order chi connectivity index (χ0) is 24.7. The molecule has 2 heterocycles. The van der Waals surface area contributed by atoms with Crippen LogP contribution in [0.5, 0.6) is 5.88 Å². The van der Waals surface area contributed by atoms with Crippen LogP contribution in [0.25, 0.3) is 0 Å². The Morgan fingerprint density at radius 3 is 2.82 bits per heavy atom. The van der Waals surface area contributed by atoms with E-state index in [0.717, 1.165) is 38.5 Å². The molecule has 0 saturated heterocycles. The first-order valence-electron chi connectivity index (χ1n) is 12.4. The SMILES string of the molecule is CCCC#Cc1cnc2c(c1)C(=O)N([C@H](C)CO)C[C@H](C)[C@H](CN(C)C(=O)NC1CCCC1)O2. The van der Waals surface area contributed by atoms with E-state index in [2.05, 4.69) is 29.1 Å². The standard InChI is InChI=1S/C26H38N4O4/c1-5-6-7-10-20-13-22-24(27-14-20)34-23(18(2)15-30(25(22)32)19(3)17-31)16-29(4)26(33)28-21-11-8-9-12-21/h13-14,18-19,21,23,31H,5-6,8-9,11-12,15-17H2,1-4H3,(H,28,33)/t18-,19+,23-/m0/s1. The van der Waals surface area contributed by atoms with Gasteiger partial charge < -0.3 is 25.0 Å². The zero-order valence-corrected chi connectivity index (χ0v) is 20.8. The molecule has 0 unspecified atom stereocenters. The monoisotopic (exact) mass is 470 g/mol. The number of pyridine rings is 1. The predicted octanol–water partition coefficient (Wildman–Crippen LogP) is 3.04. The fourth-order valence-corrected chi connectivity index (χ4v) is 4.39. The van der Waals surface area contributed by atoms with Gasteiger partial charge in [0.15, 0.2) is 0 Å². The van der Waals surface area contributed by atoms with Crippen LogP contribution in [0.3, 0.4) is 0 Å². The van der Waals surface area contributed by atoms with Gasteiger partial charge in [0.25, 0.3) is 5.91 Å². The third-order valence-corrected chi connectivity index (χ3v) is 6.61. The Morgan fingerprint density at radius 1 is 1.41 bits per heavy atom. The topological polar surface area (TPSA) is 95.0 Å². The van der Waals surface area contributed by atoms with Crippen molar-refractivity contribution in [3.63, 3.8) is 0 Å². The lowest BCUT2D eigenvalue weighted by molar-refractivity contribution is 0.0351. The van der Waals surface area contributed by atoms with Gasteiger partial charge in [-0.15, -0.1) is 0 Å². The summed E-state index contributed by atoms with van der Waals surface area (Å²) in [6.07, 6.45) is 7.31. The molecule has 3 rings (SSSR count). The third kappa shape index (κ3) is 6.41. The van der Waals surface area contributed by atoms with Crippen LogP contribution in [0.15, 0.2) is 12.3 Å². The highest BCUT2D eigenvalue weighted by atomic mass is 16.5. The molecule has 1 aromatic rings. The first-order chi connectivity index (χ1) is 16.3. The second kappa shape index (κ2) is 12.1. The molecule has 186 valence electrons. The fraction of sp³-hybridized carbons (Fsp3) is 0.654. The van der Waals surface area contributed by atoms with Gasteiger partial charge in [-0.25, -0.2) is 9.78 Å². The average molecular weight is 471 g/mol. The number of aromatic nitrogens is 1. The highest BCUT2D eigenvalue weighted by Gasteiger charge is 2.35. The minimum atomic E-state index is -0.371. The Kier molecular flexibility index (Phi) is 9.17. The van der Waals surface area contributed by atoms with Crippen molar-refractivity contribution in [2.75, 3.05) is 26.7 Å². The molecule has 3 atom stereocenters. The molecule has 1 aromatic heterocycles. The van der Waals surface area contributed by atoms with Crippen molar-refractivity contribution in [3.8, 4) is 17.7 Å². The molecule has 0 bridgehead atoms. The summed E-state index contributed by atoms with van der Waals surface area (Å²) in [6, 6.07) is 1.48. The number of rotatable bonds is 6. The lowest BCUT2D eigenvalue weighted by atomic mass is 10.00. The van der Waals surface area contributed by atoms with E-state index in [9.17, 15) is 14.7 Å². The normalized spacial score (nSPS) is 21.4. The largest absolute Gasteiger partial charge is 0.472 e. The van der Waals surface area contributed by atoms with Gasteiger partial charge in [0.2, 0.25) is 5.88 Å². The highest BCUT2D eigenvalue weighted by molar-refractivity contribution is 5.97. The van der Waals surface area contributed by atoms with E-state index in [4.69, 9.17) is 4.74 Å². The maximum Gasteiger partial charge on any atom is 0.317 e. The van der Waals surface area contributed by atoms with Gasteiger partial charge in [-0.2, -0.15) is 0 Å². The van der Waals surface area contributed by atoms with Crippen LogP contribution in [0.2, 0.25) is 0 Å². The third-order valence-electron chi connectivity index (χ3n) is 6.61. The van der Waals surface area contributed by atoms with Crippen LogP contribution in [0.1, 0.15) is 75.2 Å². The summed E-state index contributed by atoms with van der Waals surface area (Å²) in [4.78, 5) is 33.9. The lowest BCUT2D eigenvalue weighted by Crippen LogP contribution is -2.52. The van der Waals surface area contributed by atoms with Crippen molar-refractivity contribution < 1.29 is 19.4 Å². The summed E-state index contributed by atoms with van der Waals surface area (Å²) in [7, 11) is 1.76. The van der Waals surface area contributed by atoms with Crippen molar-refractivity contribution >= 4 is 11.9 Å². The number of carbonyl (C=O) groups excluding carboxylic acids is 2. The zero-order valence-electron chi connectivity index (χ0n) is 20.8. The summed E-state index contributed by atoms with van der Waals surface area (Å²) in [6.45, 7) is 6.48. The molecule has 8 nitrogen and oxygen atoms in total. The van der Waals surface area contributed by atoms with E-state index >= 15 is 0 Å². The summed E-state index contributed by atoms with van der Waals surface area (Å²) in [5.74, 6) is 6.06. The number of likely N-dealkylation sites (N-methyl/N-ethyl adjacent to an activating group) is 1. The maximum atomic E-state index is 13.4. The minimum absolute atomic E-state index is 0.0846. The van der Waals surface area contributed by atoms with Gasteiger partial charge in [-0.1, -0.05) is 38.5 Å². The predicted molar refractivity (Wildman–Crippen MR) is 131 cm³/mol. The van der Waals surface area contributed by atoms with E-state index < -0.39 is 0 Å². The van der Waals surface area contributed by atoms with E-state index in [1.165, 1.54) is 0 Å². The lowest BCUT2D eigenvalue weighted by Gasteiger charge is -2.37. The van der Waals surface area contributed by atoms with Crippen molar-refractivity contribution in [1.29, 1.82) is 0 Å². The Hall–Kier alpha value is -2.79. The number of amides is 3. The number of nitrogens with one attached hydrogen (secondary N) is 1. The van der Waals surface area contributed by atoms with Gasteiger partial charge >= 0.3 is 6.03 Å². The molecule has 34 heavy (non-hydrogen) atoms. The number of aliphatic hydroxyl groups is 1. The van der Waals surface area contributed by atoms with Crippen LogP contribution in [-0.4, -0.2) is 76.8 Å². The first-order valence-corrected chi connectivity index (χ1v) is 12.4. The average Bonchev–Trinajstić information content (AvgIpc) is 3.34. The molecule has 0 radical (unpaired) electrons. The Morgan fingerprint density at radius 2 is 2.15 bits per heavy atom. The molecule has 1 fully saturated rings. The van der Waals surface area contributed by atoms with E-state index in [0.29, 0.717) is 24.2 Å². The van der Waals surface area contributed by atoms with Crippen molar-refractivity contribution in [2.45, 2.75) is 77.5 Å². The van der Waals surface area contributed by atoms with Gasteiger partial charge in [0.05, 0.1) is 19.2 Å². The van der Waals surface area contributed by atoms with Crippen LogP contribution in [-0.2, 0) is 0 Å². The number of urea groups is 1. The van der Waals surface area contributed by atoms with E-state index in [1.54, 1.807) is 29.1 Å². The van der Waals surface area contributed by atoms with Crippen molar-refractivity contribution in [1.82, 2.24) is 20.1 Å². The summed E-state index contributed by atoms with van der Waals surface area (Å²) >= 11 is 0. The van der Waals surface area contributed by atoms with Gasteiger partial charge in [0.1, 0.15) is 11.7 Å². The Balaban J connectivity index is 1.85. The molecular formula is C26H38N4O4. The van der Waals surface area contributed by atoms with Crippen LogP contribution >= 0.6 is 0 Å². The number of ether oxygens (including phenoxy) is 1. The summed E-state index contributed by atoms with van der Waals surface area (Å²) < 4.78 is 6.26. The van der Waals surface area contributed by atoms with Crippen LogP contribution in [0, 0.1) is 17.8 Å². The van der Waals surface area contributed by atoms with Crippen LogP contribution in [0.4, 0.5) is 4.79 Å². The second-order valence-corrected chi connectivity index (χ2v) is 9.56. The molecule has 1 aliphatic heterocycles. The number of fused-ring (bicyclic) bond motifs is 1. The van der Waals surface area contributed by atoms with Gasteiger partial charge in [-0.05, 0) is 32.3 Å². The van der Waals surface area contributed by atoms with E-state index in [1.807, 2.05) is 13.8 Å². The molecule has 0 aromatic carbocycles. The smallest absolute Gasteiger partial charge is 0.317 e. The summed E-state index contributed by atoms with van der Waals surface area (Å²) in [5, 5.41) is 12.9. The Bertz CT molecular complexity index is 919. The number of hydrogen-bond acceptors (Lipinski definition) is 5. The number of carbonyl (C=O) groups is 2. The number of unbranched alkanes of at least 4 members (excludes halogenated alkanes) is 1. The quantitative estimate of drug-likeness (QED) is 0.623.